The first-order valence-electron chi connectivity index (χ1n) is 5.13. The summed E-state index contributed by atoms with van der Waals surface area (Å²) in [6.07, 6.45) is 4.21. The molecule has 1 N–H and O–H groups in total. The monoisotopic (exact) mass is 214 g/mol. The SMILES string of the molecule is CCCCOCc1cnc(NCC)s1. The van der Waals surface area contributed by atoms with E-state index >= 15 is 0 Å². The normalized spacial score (nSPS) is 10.4. The fourth-order valence-corrected chi connectivity index (χ4v) is 1.84. The van der Waals surface area contributed by atoms with Crippen molar-refractivity contribution in [2.45, 2.75) is 33.3 Å². The van der Waals surface area contributed by atoms with E-state index in [1.54, 1.807) is 11.3 Å². The van der Waals surface area contributed by atoms with Gasteiger partial charge in [-0.15, -0.1) is 0 Å². The molecule has 1 aromatic heterocycles. The van der Waals surface area contributed by atoms with Gasteiger partial charge in [0.25, 0.3) is 0 Å². The summed E-state index contributed by atoms with van der Waals surface area (Å²) < 4.78 is 5.49. The minimum atomic E-state index is 0.697. The third-order valence-corrected chi connectivity index (χ3v) is 2.70. The van der Waals surface area contributed by atoms with E-state index in [0.29, 0.717) is 6.61 Å². The second kappa shape index (κ2) is 6.79. The topological polar surface area (TPSA) is 34.1 Å². The zero-order chi connectivity index (χ0) is 10.2. The number of unbranched alkanes of at least 4 members (excludes halogenated alkanes) is 1. The Morgan fingerprint density at radius 1 is 1.50 bits per heavy atom. The third kappa shape index (κ3) is 4.07. The van der Waals surface area contributed by atoms with Gasteiger partial charge in [-0.1, -0.05) is 24.7 Å². The maximum atomic E-state index is 5.49. The van der Waals surface area contributed by atoms with Crippen LogP contribution >= 0.6 is 11.3 Å². The van der Waals surface area contributed by atoms with Gasteiger partial charge in [0.2, 0.25) is 0 Å². The molecule has 0 unspecified atom stereocenters. The predicted molar refractivity (Wildman–Crippen MR) is 60.8 cm³/mol. The number of hydrogen-bond acceptors (Lipinski definition) is 4. The van der Waals surface area contributed by atoms with Crippen molar-refractivity contribution in [1.82, 2.24) is 4.98 Å². The molecule has 0 radical (unpaired) electrons. The standard InChI is InChI=1S/C10H18N2OS/c1-3-5-6-13-8-9-7-12-10(14-9)11-4-2/h7H,3-6,8H2,1-2H3,(H,11,12). The van der Waals surface area contributed by atoms with Crippen molar-refractivity contribution in [3.8, 4) is 0 Å². The Labute approximate surface area is 89.5 Å². The van der Waals surface area contributed by atoms with Crippen LogP contribution < -0.4 is 5.32 Å². The lowest BCUT2D eigenvalue weighted by atomic mass is 10.4. The van der Waals surface area contributed by atoms with Gasteiger partial charge in [0, 0.05) is 19.3 Å². The Morgan fingerprint density at radius 2 is 2.36 bits per heavy atom. The molecule has 0 aromatic carbocycles. The molecule has 0 fully saturated rings. The van der Waals surface area contributed by atoms with E-state index in [1.165, 1.54) is 11.3 Å². The zero-order valence-electron chi connectivity index (χ0n) is 8.88. The summed E-state index contributed by atoms with van der Waals surface area (Å²) in [6.45, 7) is 6.70. The van der Waals surface area contributed by atoms with Gasteiger partial charge in [-0.2, -0.15) is 0 Å². The Bertz CT molecular complexity index is 250. The lowest BCUT2D eigenvalue weighted by Crippen LogP contribution is -1.94. The number of nitrogens with zero attached hydrogens (tertiary/aromatic N) is 1. The van der Waals surface area contributed by atoms with Crippen LogP contribution in [-0.2, 0) is 11.3 Å². The van der Waals surface area contributed by atoms with Gasteiger partial charge in [-0.05, 0) is 13.3 Å². The van der Waals surface area contributed by atoms with Crippen LogP contribution in [-0.4, -0.2) is 18.1 Å². The van der Waals surface area contributed by atoms with E-state index in [0.717, 1.165) is 24.7 Å². The zero-order valence-corrected chi connectivity index (χ0v) is 9.69. The first-order valence-corrected chi connectivity index (χ1v) is 5.94. The molecular formula is C10H18N2OS. The number of ether oxygens (including phenoxy) is 1. The largest absolute Gasteiger partial charge is 0.376 e. The molecule has 0 aliphatic carbocycles. The minimum Gasteiger partial charge on any atom is -0.376 e. The molecule has 3 nitrogen and oxygen atoms in total. The van der Waals surface area contributed by atoms with Crippen LogP contribution in [0.2, 0.25) is 0 Å². The van der Waals surface area contributed by atoms with Gasteiger partial charge in [0.15, 0.2) is 5.13 Å². The first-order chi connectivity index (χ1) is 6.86. The highest BCUT2D eigenvalue weighted by atomic mass is 32.1. The van der Waals surface area contributed by atoms with E-state index < -0.39 is 0 Å². The van der Waals surface area contributed by atoms with Crippen molar-refractivity contribution in [2.75, 3.05) is 18.5 Å². The molecule has 14 heavy (non-hydrogen) atoms. The van der Waals surface area contributed by atoms with Gasteiger partial charge in [0.05, 0.1) is 11.5 Å². The molecule has 0 spiro atoms. The fourth-order valence-electron chi connectivity index (χ4n) is 1.03. The smallest absolute Gasteiger partial charge is 0.182 e. The minimum absolute atomic E-state index is 0.697. The number of thiazole rings is 1. The predicted octanol–water partition coefficient (Wildman–Crippen LogP) is 2.89. The fraction of sp³-hybridized carbons (Fsp3) is 0.700. The van der Waals surface area contributed by atoms with Crippen molar-refractivity contribution in [1.29, 1.82) is 0 Å². The second-order valence-electron chi connectivity index (χ2n) is 3.07. The average molecular weight is 214 g/mol. The Balaban J connectivity index is 2.22. The van der Waals surface area contributed by atoms with E-state index in [-0.39, 0.29) is 0 Å². The summed E-state index contributed by atoms with van der Waals surface area (Å²) in [4.78, 5) is 5.42. The summed E-state index contributed by atoms with van der Waals surface area (Å²) >= 11 is 1.67. The lowest BCUT2D eigenvalue weighted by molar-refractivity contribution is 0.120. The molecular weight excluding hydrogens is 196 g/mol. The van der Waals surface area contributed by atoms with Crippen LogP contribution in [0, 0.1) is 0 Å². The Morgan fingerprint density at radius 3 is 3.07 bits per heavy atom. The molecule has 0 bridgehead atoms. The van der Waals surface area contributed by atoms with Gasteiger partial charge < -0.3 is 10.1 Å². The Hall–Kier alpha value is -0.610. The molecule has 1 heterocycles. The first kappa shape index (κ1) is 11.5. The number of rotatable bonds is 7. The van der Waals surface area contributed by atoms with E-state index in [1.807, 2.05) is 6.20 Å². The summed E-state index contributed by atoms with van der Waals surface area (Å²) in [5.74, 6) is 0. The van der Waals surface area contributed by atoms with Crippen molar-refractivity contribution >= 4 is 16.5 Å². The van der Waals surface area contributed by atoms with Crippen molar-refractivity contribution in [3.05, 3.63) is 11.1 Å². The summed E-state index contributed by atoms with van der Waals surface area (Å²) in [5.41, 5.74) is 0. The molecule has 1 rings (SSSR count). The second-order valence-corrected chi connectivity index (χ2v) is 4.18. The van der Waals surface area contributed by atoms with Crippen LogP contribution in [0.1, 0.15) is 31.6 Å². The van der Waals surface area contributed by atoms with E-state index in [4.69, 9.17) is 4.74 Å². The molecule has 0 atom stereocenters. The van der Waals surface area contributed by atoms with Crippen LogP contribution in [0.15, 0.2) is 6.20 Å². The lowest BCUT2D eigenvalue weighted by Gasteiger charge is -1.99. The van der Waals surface area contributed by atoms with E-state index in [2.05, 4.69) is 24.1 Å². The van der Waals surface area contributed by atoms with Crippen molar-refractivity contribution < 1.29 is 4.74 Å². The highest BCUT2D eigenvalue weighted by Gasteiger charge is 2.00. The van der Waals surface area contributed by atoms with Crippen molar-refractivity contribution in [3.63, 3.8) is 0 Å². The van der Waals surface area contributed by atoms with Crippen LogP contribution in [0.25, 0.3) is 0 Å². The van der Waals surface area contributed by atoms with Gasteiger partial charge in [-0.25, -0.2) is 4.98 Å². The van der Waals surface area contributed by atoms with Gasteiger partial charge >= 0.3 is 0 Å². The molecule has 0 saturated carbocycles. The molecule has 4 heteroatoms. The molecule has 0 aliphatic rings. The number of aromatic nitrogens is 1. The molecule has 80 valence electrons. The summed E-state index contributed by atoms with van der Waals surface area (Å²) in [5, 5.41) is 4.17. The van der Waals surface area contributed by atoms with E-state index in [9.17, 15) is 0 Å². The van der Waals surface area contributed by atoms with Gasteiger partial charge in [-0.3, -0.25) is 0 Å². The maximum absolute atomic E-state index is 5.49. The summed E-state index contributed by atoms with van der Waals surface area (Å²) in [7, 11) is 0. The number of nitrogens with one attached hydrogen (secondary N) is 1. The number of anilines is 1. The van der Waals surface area contributed by atoms with Crippen LogP contribution in [0.5, 0.6) is 0 Å². The maximum Gasteiger partial charge on any atom is 0.182 e. The average Bonchev–Trinajstić information content (AvgIpc) is 2.61. The number of hydrogen-bond donors (Lipinski definition) is 1. The molecule has 0 aliphatic heterocycles. The summed E-state index contributed by atoms with van der Waals surface area (Å²) in [6, 6.07) is 0. The Kier molecular flexibility index (Phi) is 5.56. The van der Waals surface area contributed by atoms with Crippen molar-refractivity contribution in [2.24, 2.45) is 0 Å². The quantitative estimate of drug-likeness (QED) is 0.709. The highest BCUT2D eigenvalue weighted by Crippen LogP contribution is 2.18. The van der Waals surface area contributed by atoms with Crippen LogP contribution in [0.3, 0.4) is 0 Å². The third-order valence-electron chi connectivity index (χ3n) is 1.77. The van der Waals surface area contributed by atoms with Crippen LogP contribution in [0.4, 0.5) is 5.13 Å². The van der Waals surface area contributed by atoms with Gasteiger partial charge in [0.1, 0.15) is 0 Å². The highest BCUT2D eigenvalue weighted by molar-refractivity contribution is 7.15. The molecule has 1 aromatic rings. The molecule has 0 saturated heterocycles. The molecule has 0 amide bonds.